The lowest BCUT2D eigenvalue weighted by atomic mass is 10.4. The number of pyridine rings is 1. The van der Waals surface area contributed by atoms with Gasteiger partial charge in [-0.05, 0) is 6.07 Å². The van der Waals surface area contributed by atoms with Crippen molar-refractivity contribution in [3.8, 4) is 0 Å². The molecule has 0 aliphatic rings. The van der Waals surface area contributed by atoms with Crippen LogP contribution in [0.25, 0.3) is 0 Å². The first-order valence-corrected chi connectivity index (χ1v) is 5.22. The highest BCUT2D eigenvalue weighted by Gasteiger charge is 2.10. The molecule has 2 N–H and O–H groups in total. The van der Waals surface area contributed by atoms with Crippen LogP contribution in [-0.2, 0) is 20.9 Å². The van der Waals surface area contributed by atoms with E-state index < -0.39 is 5.97 Å². The molecule has 1 rings (SSSR count). The van der Waals surface area contributed by atoms with Crippen LogP contribution >= 0.6 is 0 Å². The molecule has 0 saturated carbocycles. The predicted octanol–water partition coefficient (Wildman–Crippen LogP) is -0.938. The maximum absolute atomic E-state index is 11.4. The normalized spacial score (nSPS) is 9.89. The monoisotopic (exact) mass is 253 g/mol. The third kappa shape index (κ3) is 3.93. The van der Waals surface area contributed by atoms with Gasteiger partial charge in [-0.3, -0.25) is 14.4 Å². The fraction of sp³-hybridized carbons (Fsp3) is 0.364. The number of hydrogen-bond acceptors (Lipinski definition) is 5. The summed E-state index contributed by atoms with van der Waals surface area (Å²) < 4.78 is 5.86. The number of nitrogens with zero attached hydrogens (tertiary/aromatic N) is 2. The van der Waals surface area contributed by atoms with E-state index in [0.29, 0.717) is 5.69 Å². The van der Waals surface area contributed by atoms with Crippen molar-refractivity contribution in [3.05, 3.63) is 28.7 Å². The lowest BCUT2D eigenvalue weighted by molar-refractivity contribution is -0.151. The first-order valence-electron chi connectivity index (χ1n) is 5.22. The summed E-state index contributed by atoms with van der Waals surface area (Å²) in [6.07, 6.45) is 1.34. The van der Waals surface area contributed by atoms with E-state index >= 15 is 0 Å². The smallest absolute Gasteiger partial charge is 0.326 e. The van der Waals surface area contributed by atoms with E-state index in [1.54, 1.807) is 14.1 Å². The van der Waals surface area contributed by atoms with Gasteiger partial charge in [0.2, 0.25) is 0 Å². The first-order chi connectivity index (χ1) is 8.40. The van der Waals surface area contributed by atoms with Crippen molar-refractivity contribution in [1.29, 1.82) is 0 Å². The molecule has 7 heteroatoms. The van der Waals surface area contributed by atoms with E-state index in [0.717, 1.165) is 4.57 Å². The van der Waals surface area contributed by atoms with E-state index in [1.807, 2.05) is 0 Å². The van der Waals surface area contributed by atoms with Crippen molar-refractivity contribution in [2.24, 2.45) is 0 Å². The molecule has 0 atom stereocenters. The van der Waals surface area contributed by atoms with E-state index in [-0.39, 0.29) is 24.6 Å². The third-order valence-electron chi connectivity index (χ3n) is 2.16. The molecule has 7 nitrogen and oxygen atoms in total. The van der Waals surface area contributed by atoms with E-state index in [4.69, 9.17) is 10.5 Å². The molecule has 0 aliphatic heterocycles. The molecule has 0 aromatic carbocycles. The Morgan fingerprint density at radius 1 is 1.39 bits per heavy atom. The zero-order valence-corrected chi connectivity index (χ0v) is 10.3. The molecule has 0 bridgehead atoms. The molecule has 1 amide bonds. The molecule has 1 aromatic heterocycles. The number of rotatable bonds is 4. The van der Waals surface area contributed by atoms with E-state index in [1.165, 1.54) is 23.2 Å². The molecule has 0 radical (unpaired) electrons. The molecular weight excluding hydrogens is 238 g/mol. The second-order valence-electron chi connectivity index (χ2n) is 3.88. The van der Waals surface area contributed by atoms with Gasteiger partial charge in [0.1, 0.15) is 6.54 Å². The van der Waals surface area contributed by atoms with Gasteiger partial charge in [-0.2, -0.15) is 0 Å². The molecule has 1 heterocycles. The highest BCUT2D eigenvalue weighted by molar-refractivity contribution is 5.80. The Hall–Kier alpha value is -2.31. The summed E-state index contributed by atoms with van der Waals surface area (Å²) in [5, 5.41) is 0. The number of carbonyl (C=O) groups is 2. The van der Waals surface area contributed by atoms with Crippen molar-refractivity contribution in [2.75, 3.05) is 26.4 Å². The number of esters is 1. The number of nitrogen functional groups attached to an aromatic ring is 1. The Morgan fingerprint density at radius 3 is 2.67 bits per heavy atom. The Labute approximate surface area is 104 Å². The topological polar surface area (TPSA) is 94.6 Å². The van der Waals surface area contributed by atoms with Crippen molar-refractivity contribution >= 4 is 17.6 Å². The van der Waals surface area contributed by atoms with Crippen LogP contribution < -0.4 is 11.3 Å². The molecule has 98 valence electrons. The summed E-state index contributed by atoms with van der Waals surface area (Å²) in [4.78, 5) is 35.3. The third-order valence-corrected chi connectivity index (χ3v) is 2.16. The average molecular weight is 253 g/mol. The van der Waals surface area contributed by atoms with Gasteiger partial charge >= 0.3 is 5.97 Å². The average Bonchev–Trinajstić information content (AvgIpc) is 2.30. The van der Waals surface area contributed by atoms with Crippen molar-refractivity contribution in [1.82, 2.24) is 9.47 Å². The van der Waals surface area contributed by atoms with Gasteiger partial charge < -0.3 is 19.9 Å². The molecule has 18 heavy (non-hydrogen) atoms. The van der Waals surface area contributed by atoms with Gasteiger partial charge in [-0.25, -0.2) is 0 Å². The van der Waals surface area contributed by atoms with Crippen LogP contribution in [0.3, 0.4) is 0 Å². The van der Waals surface area contributed by atoms with Crippen LogP contribution in [0.1, 0.15) is 0 Å². The minimum absolute atomic E-state index is 0.273. The van der Waals surface area contributed by atoms with Gasteiger partial charge in [-0.1, -0.05) is 0 Å². The van der Waals surface area contributed by atoms with Crippen LogP contribution in [0.15, 0.2) is 23.1 Å². The highest BCUT2D eigenvalue weighted by atomic mass is 16.5. The number of hydrogen-bond donors (Lipinski definition) is 1. The summed E-state index contributed by atoms with van der Waals surface area (Å²) in [5.74, 6) is -0.999. The summed E-state index contributed by atoms with van der Waals surface area (Å²) in [6, 6.07) is 2.70. The Morgan fingerprint density at radius 2 is 2.06 bits per heavy atom. The minimum atomic E-state index is -0.669. The van der Waals surface area contributed by atoms with Gasteiger partial charge in [-0.15, -0.1) is 0 Å². The molecule has 0 saturated heterocycles. The minimum Gasteiger partial charge on any atom is -0.454 e. The molecule has 1 aromatic rings. The maximum Gasteiger partial charge on any atom is 0.326 e. The zero-order chi connectivity index (χ0) is 13.7. The number of aromatic nitrogens is 1. The van der Waals surface area contributed by atoms with Crippen LogP contribution in [0.4, 0.5) is 5.69 Å². The standard InChI is InChI=1S/C11H15N3O4/c1-13(2)10(16)7-18-11(17)6-14-5-8(12)3-4-9(14)15/h3-5H,6-7,12H2,1-2H3. The van der Waals surface area contributed by atoms with Crippen LogP contribution in [0.2, 0.25) is 0 Å². The maximum atomic E-state index is 11.4. The molecule has 0 fully saturated rings. The number of likely N-dealkylation sites (N-methyl/N-ethyl adjacent to an activating group) is 1. The SMILES string of the molecule is CN(C)C(=O)COC(=O)Cn1cc(N)ccc1=O. The van der Waals surface area contributed by atoms with Crippen molar-refractivity contribution in [3.63, 3.8) is 0 Å². The lowest BCUT2D eigenvalue weighted by Crippen LogP contribution is -2.30. The fourth-order valence-electron chi connectivity index (χ4n) is 1.13. The quantitative estimate of drug-likeness (QED) is 0.699. The van der Waals surface area contributed by atoms with Crippen LogP contribution in [0, 0.1) is 0 Å². The number of nitrogens with two attached hydrogens (primary N) is 1. The zero-order valence-electron chi connectivity index (χ0n) is 10.3. The number of ether oxygens (including phenoxy) is 1. The summed E-state index contributed by atoms with van der Waals surface area (Å²) in [5.41, 5.74) is 5.50. The van der Waals surface area contributed by atoms with Crippen molar-refractivity contribution in [2.45, 2.75) is 6.54 Å². The largest absolute Gasteiger partial charge is 0.454 e. The van der Waals surface area contributed by atoms with Gasteiger partial charge in [0.25, 0.3) is 11.5 Å². The molecule has 0 spiro atoms. The van der Waals surface area contributed by atoms with Gasteiger partial charge in [0, 0.05) is 32.0 Å². The Bertz CT molecular complexity index is 507. The Balaban J connectivity index is 2.57. The van der Waals surface area contributed by atoms with Crippen molar-refractivity contribution < 1.29 is 14.3 Å². The Kier molecular flexibility index (Phi) is 4.47. The second-order valence-corrected chi connectivity index (χ2v) is 3.88. The van der Waals surface area contributed by atoms with Gasteiger partial charge in [0.15, 0.2) is 6.61 Å². The first kappa shape index (κ1) is 13.8. The predicted molar refractivity (Wildman–Crippen MR) is 64.8 cm³/mol. The number of amides is 1. The number of carbonyl (C=O) groups excluding carboxylic acids is 2. The summed E-state index contributed by atoms with van der Waals surface area (Å²) >= 11 is 0. The lowest BCUT2D eigenvalue weighted by Gasteiger charge is -2.11. The summed E-state index contributed by atoms with van der Waals surface area (Å²) in [7, 11) is 3.11. The van der Waals surface area contributed by atoms with E-state index in [2.05, 4.69) is 0 Å². The van der Waals surface area contributed by atoms with Gasteiger partial charge in [0.05, 0.1) is 0 Å². The highest BCUT2D eigenvalue weighted by Crippen LogP contribution is 1.96. The molecule has 0 unspecified atom stereocenters. The number of anilines is 1. The fourth-order valence-corrected chi connectivity index (χ4v) is 1.13. The van der Waals surface area contributed by atoms with Crippen LogP contribution in [0.5, 0.6) is 0 Å². The molecule has 0 aliphatic carbocycles. The molecular formula is C11H15N3O4. The summed E-state index contributed by atoms with van der Waals surface area (Å²) in [6.45, 7) is -0.618. The van der Waals surface area contributed by atoms with Crippen LogP contribution in [-0.4, -0.2) is 42.0 Å². The van der Waals surface area contributed by atoms with E-state index in [9.17, 15) is 14.4 Å². The second kappa shape index (κ2) is 5.85.